The summed E-state index contributed by atoms with van der Waals surface area (Å²) in [5.41, 5.74) is 2.24. The molecule has 0 aliphatic carbocycles. The summed E-state index contributed by atoms with van der Waals surface area (Å²) in [6.45, 7) is 1.59. The second kappa shape index (κ2) is 5.61. The van der Waals surface area contributed by atoms with Crippen LogP contribution in [0.1, 0.15) is 22.9 Å². The topological polar surface area (TPSA) is 17.1 Å². The van der Waals surface area contributed by atoms with Gasteiger partial charge in [0.05, 0.1) is 4.83 Å². The maximum Gasteiger partial charge on any atom is 0.147 e. The molecule has 1 rings (SSSR count). The molecule has 0 aromatic heterocycles. The van der Waals surface area contributed by atoms with E-state index in [9.17, 15) is 4.79 Å². The molecule has 1 aromatic carbocycles. The molecule has 0 heterocycles. The number of benzene rings is 1. The van der Waals surface area contributed by atoms with E-state index >= 15 is 0 Å². The normalized spacial score (nSPS) is 12.6. The van der Waals surface area contributed by atoms with Crippen LogP contribution >= 0.6 is 54.5 Å². The summed E-state index contributed by atoms with van der Waals surface area (Å²) in [5, 5.41) is 0.775. The summed E-state index contributed by atoms with van der Waals surface area (Å²) < 4.78 is 1.18. The first-order valence-corrected chi connectivity index (χ1v) is 7.17. The maximum atomic E-state index is 11.3. The fourth-order valence-electron chi connectivity index (χ4n) is 1.17. The van der Waals surface area contributed by atoms with E-state index in [0.717, 1.165) is 10.9 Å². The third kappa shape index (κ3) is 2.79. The molecule has 0 N–H and O–H groups in total. The highest BCUT2D eigenvalue weighted by Crippen LogP contribution is 2.30. The summed E-state index contributed by atoms with van der Waals surface area (Å²) in [6, 6.07) is 6.00. The van der Waals surface area contributed by atoms with Gasteiger partial charge in [0.25, 0.3) is 0 Å². The first kappa shape index (κ1) is 12.6. The van der Waals surface area contributed by atoms with Gasteiger partial charge in [0.2, 0.25) is 0 Å². The van der Waals surface area contributed by atoms with Crippen molar-refractivity contribution >= 4 is 60.2 Å². The van der Waals surface area contributed by atoms with Crippen molar-refractivity contribution in [1.29, 1.82) is 0 Å². The molecule has 0 saturated heterocycles. The van der Waals surface area contributed by atoms with Crippen molar-refractivity contribution < 1.29 is 4.79 Å². The fourth-order valence-corrected chi connectivity index (χ4v) is 3.46. The molecule has 76 valence electrons. The fraction of sp³-hybridized carbons (Fsp3) is 0.300. The number of alkyl halides is 2. The number of hydrogen-bond donors (Lipinski definition) is 0. The summed E-state index contributed by atoms with van der Waals surface area (Å²) in [6.07, 6.45) is 0. The zero-order valence-electron chi connectivity index (χ0n) is 7.56. The Morgan fingerprint density at radius 1 is 1.57 bits per heavy atom. The highest BCUT2D eigenvalue weighted by Gasteiger charge is 2.17. The predicted molar refractivity (Wildman–Crippen MR) is 74.1 cm³/mol. The smallest absolute Gasteiger partial charge is 0.147 e. The molecule has 0 bridgehead atoms. The molecular weight excluding hydrogens is 423 g/mol. The van der Waals surface area contributed by atoms with E-state index in [1.807, 2.05) is 18.2 Å². The van der Waals surface area contributed by atoms with E-state index in [0.29, 0.717) is 0 Å². The van der Waals surface area contributed by atoms with Gasteiger partial charge in [-0.05, 0) is 46.7 Å². The van der Waals surface area contributed by atoms with Gasteiger partial charge in [0, 0.05) is 8.90 Å². The van der Waals surface area contributed by atoms with Crippen LogP contribution in [-0.2, 0) is 10.1 Å². The number of ketones is 1. The van der Waals surface area contributed by atoms with Crippen molar-refractivity contribution in [3.63, 3.8) is 0 Å². The number of halogens is 3. The van der Waals surface area contributed by atoms with E-state index in [1.165, 1.54) is 9.13 Å². The van der Waals surface area contributed by atoms with E-state index in [-0.39, 0.29) is 10.6 Å². The zero-order valence-corrected chi connectivity index (χ0v) is 12.9. The summed E-state index contributed by atoms with van der Waals surface area (Å²) in [5.74, 6) is 0.134. The molecule has 0 spiro atoms. The molecule has 4 heteroatoms. The summed E-state index contributed by atoms with van der Waals surface area (Å²) in [7, 11) is 0. The van der Waals surface area contributed by atoms with Gasteiger partial charge in [-0.3, -0.25) is 4.79 Å². The Labute approximate surface area is 114 Å². The Kier molecular flexibility index (Phi) is 5.06. The van der Waals surface area contributed by atoms with Crippen molar-refractivity contribution in [2.24, 2.45) is 0 Å². The van der Waals surface area contributed by atoms with Crippen molar-refractivity contribution in [2.75, 3.05) is 0 Å². The Hall–Kier alpha value is 0.580. The highest BCUT2D eigenvalue weighted by atomic mass is 127. The standard InChI is InChI=1S/C10H9Br2IO/c1-6(14)10(12)7-3-2-4-9(13)8(7)5-11/h2-4,10H,5H2,1H3. The average Bonchev–Trinajstić information content (AvgIpc) is 2.16. The van der Waals surface area contributed by atoms with Gasteiger partial charge in [-0.15, -0.1) is 0 Å². The van der Waals surface area contributed by atoms with Crippen LogP contribution in [0.15, 0.2) is 18.2 Å². The van der Waals surface area contributed by atoms with Crippen LogP contribution in [0.4, 0.5) is 0 Å². The minimum Gasteiger partial charge on any atom is -0.298 e. The highest BCUT2D eigenvalue weighted by molar-refractivity contribution is 14.1. The number of carbonyl (C=O) groups is 1. The second-order valence-electron chi connectivity index (χ2n) is 2.91. The van der Waals surface area contributed by atoms with E-state index in [2.05, 4.69) is 54.5 Å². The minimum absolute atomic E-state index is 0.134. The van der Waals surface area contributed by atoms with Crippen LogP contribution in [-0.4, -0.2) is 5.78 Å². The van der Waals surface area contributed by atoms with Crippen LogP contribution in [0, 0.1) is 3.57 Å². The Morgan fingerprint density at radius 3 is 2.71 bits per heavy atom. The number of rotatable bonds is 3. The van der Waals surface area contributed by atoms with Gasteiger partial charge in [-0.1, -0.05) is 44.0 Å². The first-order chi connectivity index (χ1) is 6.57. The van der Waals surface area contributed by atoms with Crippen molar-refractivity contribution in [3.05, 3.63) is 32.9 Å². The Bertz CT molecular complexity index is 352. The molecule has 0 aliphatic heterocycles. The van der Waals surface area contributed by atoms with Crippen LogP contribution in [0.3, 0.4) is 0 Å². The monoisotopic (exact) mass is 430 g/mol. The lowest BCUT2D eigenvalue weighted by molar-refractivity contribution is -0.116. The maximum absolute atomic E-state index is 11.3. The number of Topliss-reactive ketones (excluding diaryl/α,β-unsaturated/α-hetero) is 1. The molecule has 0 aliphatic rings. The largest absolute Gasteiger partial charge is 0.298 e. The number of carbonyl (C=O) groups excluding carboxylic acids is 1. The van der Waals surface area contributed by atoms with Gasteiger partial charge >= 0.3 is 0 Å². The van der Waals surface area contributed by atoms with Crippen LogP contribution in [0.2, 0.25) is 0 Å². The predicted octanol–water partition coefficient (Wildman–Crippen LogP) is 4.21. The van der Waals surface area contributed by atoms with Crippen molar-refractivity contribution in [2.45, 2.75) is 17.1 Å². The third-order valence-corrected chi connectivity index (χ3v) is 4.63. The molecule has 14 heavy (non-hydrogen) atoms. The lowest BCUT2D eigenvalue weighted by Gasteiger charge is -2.12. The van der Waals surface area contributed by atoms with Gasteiger partial charge in [-0.25, -0.2) is 0 Å². The number of hydrogen-bond acceptors (Lipinski definition) is 1. The molecule has 1 unspecified atom stereocenters. The second-order valence-corrected chi connectivity index (χ2v) is 5.55. The SMILES string of the molecule is CC(=O)C(Br)c1cccc(I)c1CBr. The van der Waals surface area contributed by atoms with E-state index in [4.69, 9.17) is 0 Å². The molecule has 0 fully saturated rings. The Morgan fingerprint density at radius 2 is 2.21 bits per heavy atom. The summed E-state index contributed by atoms with van der Waals surface area (Å²) >= 11 is 9.12. The van der Waals surface area contributed by atoms with Gasteiger partial charge in [0.15, 0.2) is 0 Å². The van der Waals surface area contributed by atoms with Gasteiger partial charge in [0.1, 0.15) is 5.78 Å². The van der Waals surface area contributed by atoms with Gasteiger partial charge < -0.3 is 0 Å². The van der Waals surface area contributed by atoms with Crippen LogP contribution in [0.5, 0.6) is 0 Å². The molecule has 0 radical (unpaired) electrons. The van der Waals surface area contributed by atoms with Crippen molar-refractivity contribution in [1.82, 2.24) is 0 Å². The molecule has 1 atom stereocenters. The molecule has 0 saturated carbocycles. The third-order valence-electron chi connectivity index (χ3n) is 1.92. The summed E-state index contributed by atoms with van der Waals surface area (Å²) in [4.78, 5) is 11.1. The quantitative estimate of drug-likeness (QED) is 0.517. The van der Waals surface area contributed by atoms with Gasteiger partial charge in [-0.2, -0.15) is 0 Å². The zero-order chi connectivity index (χ0) is 10.7. The lowest BCUT2D eigenvalue weighted by atomic mass is 10.0. The lowest BCUT2D eigenvalue weighted by Crippen LogP contribution is -2.05. The molecular formula is C10H9Br2IO. The van der Waals surface area contributed by atoms with E-state index in [1.54, 1.807) is 6.92 Å². The molecule has 1 nitrogen and oxygen atoms in total. The van der Waals surface area contributed by atoms with Crippen LogP contribution < -0.4 is 0 Å². The molecule has 1 aromatic rings. The van der Waals surface area contributed by atoms with E-state index < -0.39 is 0 Å². The minimum atomic E-state index is -0.190. The average molecular weight is 432 g/mol. The Balaban J connectivity index is 3.20. The van der Waals surface area contributed by atoms with Crippen molar-refractivity contribution in [3.8, 4) is 0 Å². The first-order valence-electron chi connectivity index (χ1n) is 4.05. The molecule has 0 amide bonds. The van der Waals surface area contributed by atoms with Crippen LogP contribution in [0.25, 0.3) is 0 Å².